The van der Waals surface area contributed by atoms with Crippen LogP contribution in [-0.2, 0) is 20.9 Å². The highest BCUT2D eigenvalue weighted by molar-refractivity contribution is 5.93. The maximum absolute atomic E-state index is 13.3. The van der Waals surface area contributed by atoms with Crippen LogP contribution in [0.3, 0.4) is 0 Å². The molecule has 3 atom stereocenters. The molecular formula is C29H32FN3O3. The second-order valence-corrected chi connectivity index (χ2v) is 9.88. The molecule has 0 bridgehead atoms. The van der Waals surface area contributed by atoms with Gasteiger partial charge in [-0.3, -0.25) is 14.5 Å². The van der Waals surface area contributed by atoms with E-state index in [-0.39, 0.29) is 35.6 Å². The largest absolute Gasteiger partial charge is 0.376 e. The predicted octanol–water partition coefficient (Wildman–Crippen LogP) is 4.35. The molecule has 7 heteroatoms. The third-order valence-corrected chi connectivity index (χ3v) is 7.13. The van der Waals surface area contributed by atoms with Gasteiger partial charge in [0.25, 0.3) is 0 Å². The van der Waals surface area contributed by atoms with Crippen molar-refractivity contribution in [2.24, 2.45) is 11.8 Å². The highest BCUT2D eigenvalue weighted by Gasteiger charge is 2.35. The van der Waals surface area contributed by atoms with E-state index < -0.39 is 0 Å². The summed E-state index contributed by atoms with van der Waals surface area (Å²) in [7, 11) is 0. The van der Waals surface area contributed by atoms with Crippen LogP contribution < -0.4 is 10.6 Å². The molecule has 2 saturated heterocycles. The van der Waals surface area contributed by atoms with Gasteiger partial charge in [0.1, 0.15) is 5.82 Å². The highest BCUT2D eigenvalue weighted by atomic mass is 19.1. The van der Waals surface area contributed by atoms with E-state index in [4.69, 9.17) is 4.74 Å². The molecule has 1 unspecified atom stereocenters. The Morgan fingerprint density at radius 1 is 0.944 bits per heavy atom. The Kier molecular flexibility index (Phi) is 7.58. The number of halogens is 1. The van der Waals surface area contributed by atoms with Crippen molar-refractivity contribution in [3.63, 3.8) is 0 Å². The average Bonchev–Trinajstić information content (AvgIpc) is 3.42. The minimum absolute atomic E-state index is 0.0340. The van der Waals surface area contributed by atoms with Gasteiger partial charge in [0.05, 0.1) is 17.9 Å². The molecule has 36 heavy (non-hydrogen) atoms. The third kappa shape index (κ3) is 6.09. The molecule has 2 aliphatic heterocycles. The number of hydrogen-bond acceptors (Lipinski definition) is 4. The van der Waals surface area contributed by atoms with E-state index in [2.05, 4.69) is 45.9 Å². The van der Waals surface area contributed by atoms with Crippen molar-refractivity contribution in [3.05, 3.63) is 78.1 Å². The average molecular weight is 490 g/mol. The Balaban J connectivity index is 1.29. The molecule has 3 aromatic rings. The van der Waals surface area contributed by atoms with Crippen molar-refractivity contribution < 1.29 is 18.7 Å². The molecule has 2 fully saturated rings. The summed E-state index contributed by atoms with van der Waals surface area (Å²) in [6, 6.07) is 20.4. The van der Waals surface area contributed by atoms with E-state index in [9.17, 15) is 14.0 Å². The van der Waals surface area contributed by atoms with Crippen LogP contribution in [0.1, 0.15) is 24.8 Å². The zero-order valence-corrected chi connectivity index (χ0v) is 20.3. The summed E-state index contributed by atoms with van der Waals surface area (Å²) < 4.78 is 18.9. The Morgan fingerprint density at radius 3 is 2.44 bits per heavy atom. The number of anilines is 1. The van der Waals surface area contributed by atoms with Gasteiger partial charge in [-0.2, -0.15) is 0 Å². The number of benzene rings is 3. The van der Waals surface area contributed by atoms with Crippen LogP contribution in [0.25, 0.3) is 10.8 Å². The van der Waals surface area contributed by atoms with Gasteiger partial charge >= 0.3 is 0 Å². The molecular weight excluding hydrogens is 457 g/mol. The Labute approximate surface area is 210 Å². The van der Waals surface area contributed by atoms with Crippen molar-refractivity contribution >= 4 is 28.3 Å². The van der Waals surface area contributed by atoms with E-state index >= 15 is 0 Å². The molecule has 2 aliphatic rings. The van der Waals surface area contributed by atoms with Crippen molar-refractivity contribution in [2.75, 3.05) is 31.6 Å². The van der Waals surface area contributed by atoms with Crippen molar-refractivity contribution in [3.8, 4) is 0 Å². The van der Waals surface area contributed by atoms with Crippen LogP contribution in [-0.4, -0.2) is 49.1 Å². The minimum atomic E-state index is -0.359. The van der Waals surface area contributed by atoms with Gasteiger partial charge in [0.2, 0.25) is 11.8 Å². The third-order valence-electron chi connectivity index (χ3n) is 7.13. The summed E-state index contributed by atoms with van der Waals surface area (Å²) in [4.78, 5) is 28.5. The molecule has 0 aliphatic carbocycles. The summed E-state index contributed by atoms with van der Waals surface area (Å²) in [5.74, 6) is -1.20. The predicted molar refractivity (Wildman–Crippen MR) is 138 cm³/mol. The molecule has 2 heterocycles. The van der Waals surface area contributed by atoms with Crippen LogP contribution >= 0.6 is 0 Å². The second-order valence-electron chi connectivity index (χ2n) is 9.88. The molecule has 0 saturated carbocycles. The Bertz CT molecular complexity index is 1210. The number of nitrogens with one attached hydrogen (secondary N) is 2. The monoisotopic (exact) mass is 489 g/mol. The fourth-order valence-electron chi connectivity index (χ4n) is 5.24. The first-order valence-corrected chi connectivity index (χ1v) is 12.7. The molecule has 5 rings (SSSR count). The molecule has 2 N–H and O–H groups in total. The van der Waals surface area contributed by atoms with Gasteiger partial charge in [-0.25, -0.2) is 4.39 Å². The van der Waals surface area contributed by atoms with E-state index in [0.29, 0.717) is 38.3 Å². The van der Waals surface area contributed by atoms with Crippen LogP contribution in [0.2, 0.25) is 0 Å². The first-order valence-electron chi connectivity index (χ1n) is 12.7. The van der Waals surface area contributed by atoms with Gasteiger partial charge in [-0.05, 0) is 65.9 Å². The molecule has 3 aromatic carbocycles. The lowest BCUT2D eigenvalue weighted by molar-refractivity contribution is -0.130. The maximum Gasteiger partial charge on any atom is 0.228 e. The number of piperidine rings is 1. The molecule has 188 valence electrons. The zero-order chi connectivity index (χ0) is 24.9. The SMILES string of the molecule is O=C(NCC1CCCO1)[C@H]1C[C@@H](C(=O)Nc2ccc(F)cc2)CN(Cc2ccc3ccccc3c2)C1. The molecule has 0 spiro atoms. The number of nitrogens with zero attached hydrogens (tertiary/aromatic N) is 1. The van der Waals surface area contributed by atoms with Crippen molar-refractivity contribution in [1.29, 1.82) is 0 Å². The summed E-state index contributed by atoms with van der Waals surface area (Å²) in [6.45, 7) is 3.04. The van der Waals surface area contributed by atoms with E-state index in [1.54, 1.807) is 12.1 Å². The van der Waals surface area contributed by atoms with E-state index in [0.717, 1.165) is 25.0 Å². The van der Waals surface area contributed by atoms with Gasteiger partial charge in [-0.1, -0.05) is 36.4 Å². The first kappa shape index (κ1) is 24.4. The number of carbonyl (C=O) groups excluding carboxylic acids is 2. The lowest BCUT2D eigenvalue weighted by Crippen LogP contribution is -2.49. The number of rotatable bonds is 7. The lowest BCUT2D eigenvalue weighted by atomic mass is 9.87. The minimum Gasteiger partial charge on any atom is -0.376 e. The summed E-state index contributed by atoms with van der Waals surface area (Å²) >= 11 is 0. The van der Waals surface area contributed by atoms with Gasteiger partial charge in [0, 0.05) is 38.5 Å². The summed E-state index contributed by atoms with van der Waals surface area (Å²) in [6.07, 6.45) is 2.53. The number of hydrogen-bond donors (Lipinski definition) is 2. The Hall–Kier alpha value is -3.29. The van der Waals surface area contributed by atoms with Gasteiger partial charge in [-0.15, -0.1) is 0 Å². The van der Waals surface area contributed by atoms with Crippen LogP contribution in [0.5, 0.6) is 0 Å². The van der Waals surface area contributed by atoms with Crippen molar-refractivity contribution in [1.82, 2.24) is 10.2 Å². The molecule has 0 aromatic heterocycles. The molecule has 2 amide bonds. The first-order chi connectivity index (χ1) is 17.5. The highest BCUT2D eigenvalue weighted by Crippen LogP contribution is 2.26. The van der Waals surface area contributed by atoms with Crippen molar-refractivity contribution in [2.45, 2.75) is 31.9 Å². The number of fused-ring (bicyclic) bond motifs is 1. The number of likely N-dealkylation sites (tertiary alicyclic amines) is 1. The molecule has 6 nitrogen and oxygen atoms in total. The smallest absolute Gasteiger partial charge is 0.228 e. The van der Waals surface area contributed by atoms with Crippen LogP contribution in [0, 0.1) is 17.7 Å². The van der Waals surface area contributed by atoms with Gasteiger partial charge < -0.3 is 15.4 Å². The number of ether oxygens (including phenoxy) is 1. The van der Waals surface area contributed by atoms with E-state index in [1.165, 1.54) is 22.9 Å². The molecule has 0 radical (unpaired) electrons. The second kappa shape index (κ2) is 11.2. The number of amides is 2. The fraction of sp³-hybridized carbons (Fsp3) is 0.379. The van der Waals surface area contributed by atoms with Gasteiger partial charge in [0.15, 0.2) is 0 Å². The Morgan fingerprint density at radius 2 is 1.69 bits per heavy atom. The normalized spacial score (nSPS) is 22.4. The van der Waals surface area contributed by atoms with Crippen LogP contribution in [0.15, 0.2) is 66.7 Å². The number of carbonyl (C=O) groups is 2. The van der Waals surface area contributed by atoms with Crippen LogP contribution in [0.4, 0.5) is 10.1 Å². The fourth-order valence-corrected chi connectivity index (χ4v) is 5.24. The zero-order valence-electron chi connectivity index (χ0n) is 20.3. The lowest BCUT2D eigenvalue weighted by Gasteiger charge is -2.36. The standard InChI is InChI=1S/C29H32FN3O3/c30-25-9-11-26(12-10-25)32-29(35)24-15-23(28(34)31-16-27-6-3-13-36-27)18-33(19-24)17-20-7-8-21-4-1-2-5-22(21)14-20/h1-2,4-5,7-12,14,23-24,27H,3,6,13,15-19H2,(H,31,34)(H,32,35)/t23-,24+,27?/m0/s1. The topological polar surface area (TPSA) is 70.7 Å². The summed E-state index contributed by atoms with van der Waals surface area (Å²) in [5, 5.41) is 8.31. The summed E-state index contributed by atoms with van der Waals surface area (Å²) in [5.41, 5.74) is 1.69. The van der Waals surface area contributed by atoms with E-state index in [1.807, 2.05) is 12.1 Å². The maximum atomic E-state index is 13.3. The quantitative estimate of drug-likeness (QED) is 0.518.